The van der Waals surface area contributed by atoms with Crippen LogP contribution in [0.3, 0.4) is 0 Å². The third kappa shape index (κ3) is 5.03. The van der Waals surface area contributed by atoms with Crippen molar-refractivity contribution in [1.82, 2.24) is 0 Å². The summed E-state index contributed by atoms with van der Waals surface area (Å²) >= 11 is 0. The van der Waals surface area contributed by atoms with Gasteiger partial charge in [0.1, 0.15) is 0 Å². The van der Waals surface area contributed by atoms with Gasteiger partial charge in [-0.15, -0.1) is 46.8 Å². The van der Waals surface area contributed by atoms with E-state index < -0.39 is 7.92 Å². The zero-order valence-corrected chi connectivity index (χ0v) is 18.1. The molecule has 0 bridgehead atoms. The molecular weight excluding hydrogens is 391 g/mol. The first kappa shape index (κ1) is 20.6. The average Bonchev–Trinajstić information content (AvgIpc) is 3.43. The number of benzene rings is 3. The molecule has 0 aromatic heterocycles. The van der Waals surface area contributed by atoms with E-state index in [1.807, 2.05) is 12.2 Å². The molecule has 0 atom stereocenters. The molecule has 4 aromatic carbocycles. The molecule has 1 aliphatic carbocycles. The smallest absolute Gasteiger partial charge is 0.273 e. The van der Waals surface area contributed by atoms with Crippen molar-refractivity contribution in [2.45, 2.75) is 6.42 Å². The molecule has 0 heterocycles. The summed E-state index contributed by atoms with van der Waals surface area (Å²) in [6.45, 7) is 0. The molecule has 0 aliphatic heterocycles. The minimum atomic E-state index is -0.493. The van der Waals surface area contributed by atoms with Gasteiger partial charge in [-0.05, 0) is 18.5 Å². The fraction of sp³-hybridized carbons (Fsp3) is 0.0385. The number of rotatable bonds is 3. The van der Waals surface area contributed by atoms with Gasteiger partial charge in [0, 0.05) is 0 Å². The Labute approximate surface area is 183 Å². The number of allylic oxidation sites excluding steroid dienone is 4. The van der Waals surface area contributed by atoms with Crippen LogP contribution in [0.2, 0.25) is 0 Å². The molecule has 0 fully saturated rings. The van der Waals surface area contributed by atoms with Crippen molar-refractivity contribution in [2.75, 3.05) is 0 Å². The van der Waals surface area contributed by atoms with Gasteiger partial charge in [0.25, 0.3) is 0 Å². The summed E-state index contributed by atoms with van der Waals surface area (Å²) in [6.07, 6.45) is 10.0. The van der Waals surface area contributed by atoms with Crippen molar-refractivity contribution in [1.29, 1.82) is 0 Å². The Bertz CT molecular complexity index is 963. The van der Waals surface area contributed by atoms with Crippen LogP contribution in [-0.4, -0.2) is 0 Å². The zero-order valence-electron chi connectivity index (χ0n) is 15.6. The van der Waals surface area contributed by atoms with Crippen molar-refractivity contribution in [3.05, 3.63) is 121 Å². The zero-order chi connectivity index (χ0) is 18.3. The van der Waals surface area contributed by atoms with Crippen LogP contribution in [0.25, 0.3) is 10.8 Å². The van der Waals surface area contributed by atoms with Crippen molar-refractivity contribution in [3.8, 4) is 0 Å². The number of hydrogen-bond acceptors (Lipinski definition) is 0. The standard InChI is InChI=1S/C21H16P.C5H5.Ti/c1-3-11-19(12-4-1)22(20-13-5-2-6-14-20)21-15-17-9-7-8-10-18(17)16-21;1-2-4-5-3-1;/h1-16H;1-3H,4H2;/q2*-1;+2. The molecule has 0 saturated carbocycles. The Balaban J connectivity index is 0.000000329. The van der Waals surface area contributed by atoms with Crippen LogP contribution in [0.1, 0.15) is 6.42 Å². The Morgan fingerprint density at radius 3 is 1.86 bits per heavy atom. The molecule has 0 nitrogen and oxygen atoms in total. The van der Waals surface area contributed by atoms with Gasteiger partial charge < -0.3 is 0 Å². The summed E-state index contributed by atoms with van der Waals surface area (Å²) in [5, 5.41) is 6.89. The van der Waals surface area contributed by atoms with E-state index in [1.54, 1.807) is 0 Å². The first-order valence-corrected chi connectivity index (χ1v) is 10.5. The van der Waals surface area contributed by atoms with Crippen molar-refractivity contribution >= 4 is 34.6 Å². The van der Waals surface area contributed by atoms with Crippen LogP contribution >= 0.6 is 7.92 Å². The first-order valence-electron chi connectivity index (χ1n) is 9.19. The fourth-order valence-corrected chi connectivity index (χ4v) is 5.58. The minimum absolute atomic E-state index is 0. The Kier molecular flexibility index (Phi) is 7.69. The molecule has 28 heavy (non-hydrogen) atoms. The second-order valence-electron chi connectivity index (χ2n) is 6.35. The second kappa shape index (κ2) is 10.4. The van der Waals surface area contributed by atoms with E-state index >= 15 is 0 Å². The van der Waals surface area contributed by atoms with Gasteiger partial charge in [-0.2, -0.15) is 12.1 Å². The topological polar surface area (TPSA) is 0 Å². The van der Waals surface area contributed by atoms with E-state index in [9.17, 15) is 0 Å². The SMILES string of the molecule is [C-]1=CC=CC1.[Ti+2].c1ccc(P(c2ccccc2)c2cc3ccccc3[cH-]2)cc1. The summed E-state index contributed by atoms with van der Waals surface area (Å²) in [4.78, 5) is 0. The second-order valence-corrected chi connectivity index (χ2v) is 8.57. The molecule has 5 rings (SSSR count). The van der Waals surface area contributed by atoms with Crippen LogP contribution < -0.4 is 15.9 Å². The maximum absolute atomic E-state index is 2.99. The van der Waals surface area contributed by atoms with E-state index in [-0.39, 0.29) is 21.7 Å². The molecule has 0 unspecified atom stereocenters. The van der Waals surface area contributed by atoms with Gasteiger partial charge in [-0.25, -0.2) is 12.2 Å². The normalized spacial score (nSPS) is 11.9. The minimum Gasteiger partial charge on any atom is -0.273 e. The summed E-state index contributed by atoms with van der Waals surface area (Å²) < 4.78 is 0. The van der Waals surface area contributed by atoms with Crippen LogP contribution in [0.5, 0.6) is 0 Å². The quantitative estimate of drug-likeness (QED) is 0.233. The van der Waals surface area contributed by atoms with E-state index in [4.69, 9.17) is 0 Å². The van der Waals surface area contributed by atoms with Crippen LogP contribution in [0, 0.1) is 6.08 Å². The monoisotopic (exact) mass is 412 g/mol. The summed E-state index contributed by atoms with van der Waals surface area (Å²) in [7, 11) is -0.493. The molecule has 0 saturated heterocycles. The van der Waals surface area contributed by atoms with Crippen LogP contribution in [-0.2, 0) is 21.7 Å². The molecule has 0 N–H and O–H groups in total. The van der Waals surface area contributed by atoms with Crippen LogP contribution in [0.4, 0.5) is 0 Å². The number of fused-ring (bicyclic) bond motifs is 1. The molecule has 1 aliphatic rings. The molecule has 2 heteroatoms. The largest absolute Gasteiger partial charge is 2.00 e. The Morgan fingerprint density at radius 2 is 1.36 bits per heavy atom. The van der Waals surface area contributed by atoms with Gasteiger partial charge in [0.15, 0.2) is 0 Å². The van der Waals surface area contributed by atoms with E-state index in [1.165, 1.54) is 26.7 Å². The van der Waals surface area contributed by atoms with E-state index in [0.29, 0.717) is 0 Å². The molecular formula is C26H21PTi. The summed E-state index contributed by atoms with van der Waals surface area (Å²) in [6, 6.07) is 35.0. The van der Waals surface area contributed by atoms with Gasteiger partial charge in [-0.1, -0.05) is 66.7 Å². The fourth-order valence-electron chi connectivity index (χ4n) is 3.20. The molecule has 134 valence electrons. The van der Waals surface area contributed by atoms with Gasteiger partial charge >= 0.3 is 21.7 Å². The third-order valence-electron chi connectivity index (χ3n) is 4.48. The van der Waals surface area contributed by atoms with Crippen molar-refractivity contribution in [3.63, 3.8) is 0 Å². The van der Waals surface area contributed by atoms with Crippen molar-refractivity contribution in [2.24, 2.45) is 0 Å². The predicted octanol–water partition coefficient (Wildman–Crippen LogP) is 5.62. The third-order valence-corrected chi connectivity index (χ3v) is 6.88. The van der Waals surface area contributed by atoms with Gasteiger partial charge in [0.2, 0.25) is 0 Å². The predicted molar refractivity (Wildman–Crippen MR) is 120 cm³/mol. The molecule has 0 spiro atoms. The molecule has 0 amide bonds. The first-order chi connectivity index (χ1) is 13.4. The molecule has 4 aromatic rings. The maximum atomic E-state index is 2.99. The van der Waals surface area contributed by atoms with E-state index in [2.05, 4.69) is 109 Å². The Morgan fingerprint density at radius 1 is 0.750 bits per heavy atom. The van der Waals surface area contributed by atoms with E-state index in [0.717, 1.165) is 6.42 Å². The maximum Gasteiger partial charge on any atom is 2.00 e. The summed E-state index contributed by atoms with van der Waals surface area (Å²) in [5.41, 5.74) is 0. The summed E-state index contributed by atoms with van der Waals surface area (Å²) in [5.74, 6) is 0. The average molecular weight is 412 g/mol. The van der Waals surface area contributed by atoms with Gasteiger partial charge in [-0.3, -0.25) is 6.08 Å². The Hall–Kier alpha value is -2.11. The van der Waals surface area contributed by atoms with Gasteiger partial charge in [0.05, 0.1) is 0 Å². The number of hydrogen-bond donors (Lipinski definition) is 0. The van der Waals surface area contributed by atoms with Crippen molar-refractivity contribution < 1.29 is 21.7 Å². The van der Waals surface area contributed by atoms with Crippen LogP contribution in [0.15, 0.2) is 115 Å². The molecule has 0 radical (unpaired) electrons.